The highest BCUT2D eigenvalue weighted by atomic mass is 16.1. The minimum Gasteiger partial charge on any atom is -0.370 e. The Balaban J connectivity index is 1.64. The molecule has 0 fully saturated rings. The topological polar surface area (TPSA) is 66.9 Å². The maximum absolute atomic E-state index is 11.4. The van der Waals surface area contributed by atoms with Crippen LogP contribution in [0.5, 0.6) is 0 Å². The minimum atomic E-state index is 0.0549. The van der Waals surface area contributed by atoms with Crippen molar-refractivity contribution in [2.45, 2.75) is 20.3 Å². The van der Waals surface area contributed by atoms with Gasteiger partial charge in [-0.15, -0.1) is 0 Å². The summed E-state index contributed by atoms with van der Waals surface area (Å²) in [5.74, 6) is 2.25. The van der Waals surface area contributed by atoms with Crippen LogP contribution in [0.2, 0.25) is 0 Å². The fourth-order valence-electron chi connectivity index (χ4n) is 2.64. The fraction of sp³-hybridized carbons (Fsp3) is 0.190. The van der Waals surface area contributed by atoms with Crippen molar-refractivity contribution in [2.75, 3.05) is 17.2 Å². The summed E-state index contributed by atoms with van der Waals surface area (Å²) in [6, 6.07) is 19.6. The molecule has 1 aromatic heterocycles. The second-order valence-electron chi connectivity index (χ2n) is 6.11. The number of anilines is 3. The standard InChI is InChI=1S/C21H22N4O/c1-15(26)18-8-10-19(11-9-18)25-21-14-20(23-16(2)24-21)22-13-12-17-6-4-3-5-7-17/h3-11,14H,12-13H2,1-2H3,(H2,22,23,24,25). The second kappa shape index (κ2) is 8.25. The van der Waals surface area contributed by atoms with Gasteiger partial charge in [0.05, 0.1) is 0 Å². The monoisotopic (exact) mass is 346 g/mol. The molecule has 5 nitrogen and oxygen atoms in total. The molecule has 0 bridgehead atoms. The molecule has 132 valence electrons. The molecular formula is C21H22N4O. The Kier molecular flexibility index (Phi) is 5.59. The lowest BCUT2D eigenvalue weighted by Gasteiger charge is -2.10. The third-order valence-corrected chi connectivity index (χ3v) is 3.96. The van der Waals surface area contributed by atoms with Crippen molar-refractivity contribution in [3.8, 4) is 0 Å². The quantitative estimate of drug-likeness (QED) is 0.621. The van der Waals surface area contributed by atoms with E-state index in [9.17, 15) is 4.79 Å². The first-order valence-corrected chi connectivity index (χ1v) is 8.62. The molecule has 0 unspecified atom stereocenters. The number of carbonyl (C=O) groups is 1. The fourth-order valence-corrected chi connectivity index (χ4v) is 2.64. The van der Waals surface area contributed by atoms with Crippen LogP contribution < -0.4 is 10.6 Å². The predicted molar refractivity (Wildman–Crippen MR) is 105 cm³/mol. The number of hydrogen-bond donors (Lipinski definition) is 2. The number of hydrogen-bond acceptors (Lipinski definition) is 5. The number of aryl methyl sites for hydroxylation is 1. The maximum Gasteiger partial charge on any atom is 0.159 e. The van der Waals surface area contributed by atoms with Gasteiger partial charge in [0.25, 0.3) is 0 Å². The average molecular weight is 346 g/mol. The first kappa shape index (κ1) is 17.6. The molecule has 1 heterocycles. The van der Waals surface area contributed by atoms with Crippen LogP contribution in [0.4, 0.5) is 17.3 Å². The molecule has 0 aliphatic carbocycles. The highest BCUT2D eigenvalue weighted by Gasteiger charge is 2.04. The number of nitrogens with zero attached hydrogens (tertiary/aromatic N) is 2. The SMILES string of the molecule is CC(=O)c1ccc(Nc2cc(NCCc3ccccc3)nc(C)n2)cc1. The van der Waals surface area contributed by atoms with E-state index in [1.807, 2.05) is 43.3 Å². The minimum absolute atomic E-state index is 0.0549. The number of benzene rings is 2. The Labute approximate surface area is 153 Å². The zero-order valence-electron chi connectivity index (χ0n) is 15.0. The van der Waals surface area contributed by atoms with E-state index < -0.39 is 0 Å². The third-order valence-electron chi connectivity index (χ3n) is 3.96. The summed E-state index contributed by atoms with van der Waals surface area (Å²) in [5, 5.41) is 6.61. The van der Waals surface area contributed by atoms with Gasteiger partial charge in [0.1, 0.15) is 17.5 Å². The molecule has 2 N–H and O–H groups in total. The van der Waals surface area contributed by atoms with Crippen LogP contribution in [0.25, 0.3) is 0 Å². The number of aromatic nitrogens is 2. The number of ketones is 1. The molecule has 0 aliphatic heterocycles. The number of Topliss-reactive ketones (excluding diaryl/α,β-unsaturated/α-hetero) is 1. The van der Waals surface area contributed by atoms with Crippen molar-refractivity contribution < 1.29 is 4.79 Å². The van der Waals surface area contributed by atoms with Gasteiger partial charge in [0.2, 0.25) is 0 Å². The summed E-state index contributed by atoms with van der Waals surface area (Å²) in [4.78, 5) is 20.2. The molecule has 5 heteroatoms. The molecule has 0 saturated heterocycles. The molecule has 0 spiro atoms. The molecule has 0 atom stereocenters. The van der Waals surface area contributed by atoms with Crippen molar-refractivity contribution >= 4 is 23.1 Å². The Morgan fingerprint density at radius 3 is 2.35 bits per heavy atom. The maximum atomic E-state index is 11.4. The third kappa shape index (κ3) is 4.89. The van der Waals surface area contributed by atoms with E-state index >= 15 is 0 Å². The van der Waals surface area contributed by atoms with Gasteiger partial charge >= 0.3 is 0 Å². The summed E-state index contributed by atoms with van der Waals surface area (Å²) in [6.45, 7) is 4.23. The van der Waals surface area contributed by atoms with E-state index in [-0.39, 0.29) is 5.78 Å². The largest absolute Gasteiger partial charge is 0.370 e. The highest BCUT2D eigenvalue weighted by Crippen LogP contribution is 2.18. The van der Waals surface area contributed by atoms with Crippen molar-refractivity contribution in [3.05, 3.63) is 77.6 Å². The van der Waals surface area contributed by atoms with Crippen LogP contribution in [0, 0.1) is 6.92 Å². The van der Waals surface area contributed by atoms with Crippen molar-refractivity contribution in [3.63, 3.8) is 0 Å². The number of carbonyl (C=O) groups excluding carboxylic acids is 1. The van der Waals surface area contributed by atoms with Crippen LogP contribution >= 0.6 is 0 Å². The van der Waals surface area contributed by atoms with Gasteiger partial charge in [-0.05, 0) is 50.1 Å². The van der Waals surface area contributed by atoms with Gasteiger partial charge in [-0.1, -0.05) is 30.3 Å². The summed E-state index contributed by atoms with van der Waals surface area (Å²) in [6.07, 6.45) is 0.930. The molecule has 3 rings (SSSR count). The van der Waals surface area contributed by atoms with E-state index in [0.717, 1.165) is 30.3 Å². The second-order valence-corrected chi connectivity index (χ2v) is 6.11. The summed E-state index contributed by atoms with van der Waals surface area (Å²) in [5.41, 5.74) is 2.86. The van der Waals surface area contributed by atoms with Crippen LogP contribution in [-0.2, 0) is 6.42 Å². The lowest BCUT2D eigenvalue weighted by molar-refractivity contribution is 0.101. The number of nitrogens with one attached hydrogen (secondary N) is 2. The Hall–Kier alpha value is -3.21. The van der Waals surface area contributed by atoms with Gasteiger partial charge in [-0.25, -0.2) is 9.97 Å². The molecule has 3 aromatic rings. The van der Waals surface area contributed by atoms with Crippen LogP contribution in [0.3, 0.4) is 0 Å². The smallest absolute Gasteiger partial charge is 0.159 e. The molecule has 0 radical (unpaired) electrons. The molecular weight excluding hydrogens is 324 g/mol. The zero-order chi connectivity index (χ0) is 18.4. The van der Waals surface area contributed by atoms with E-state index in [2.05, 4.69) is 32.7 Å². The van der Waals surface area contributed by atoms with Gasteiger partial charge in [0, 0.05) is 23.9 Å². The lowest BCUT2D eigenvalue weighted by atomic mass is 10.1. The normalized spacial score (nSPS) is 10.4. The van der Waals surface area contributed by atoms with Gasteiger partial charge in [-0.3, -0.25) is 4.79 Å². The van der Waals surface area contributed by atoms with Crippen LogP contribution in [0.1, 0.15) is 28.7 Å². The first-order valence-electron chi connectivity index (χ1n) is 8.62. The lowest BCUT2D eigenvalue weighted by Crippen LogP contribution is -2.08. The highest BCUT2D eigenvalue weighted by molar-refractivity contribution is 5.94. The molecule has 26 heavy (non-hydrogen) atoms. The van der Waals surface area contributed by atoms with Crippen LogP contribution in [-0.4, -0.2) is 22.3 Å². The summed E-state index contributed by atoms with van der Waals surface area (Å²) >= 11 is 0. The van der Waals surface area contributed by atoms with E-state index in [1.165, 1.54) is 5.56 Å². The van der Waals surface area contributed by atoms with Crippen molar-refractivity contribution in [1.29, 1.82) is 0 Å². The number of rotatable bonds is 7. The Bertz CT molecular complexity index is 876. The Morgan fingerprint density at radius 2 is 1.65 bits per heavy atom. The van der Waals surface area contributed by atoms with E-state index in [0.29, 0.717) is 11.4 Å². The summed E-state index contributed by atoms with van der Waals surface area (Å²) in [7, 11) is 0. The first-order chi connectivity index (χ1) is 12.6. The van der Waals surface area contributed by atoms with Gasteiger partial charge in [-0.2, -0.15) is 0 Å². The molecule has 0 aliphatic rings. The van der Waals surface area contributed by atoms with E-state index in [1.54, 1.807) is 19.1 Å². The zero-order valence-corrected chi connectivity index (χ0v) is 15.0. The van der Waals surface area contributed by atoms with E-state index in [4.69, 9.17) is 0 Å². The molecule has 0 saturated carbocycles. The Morgan fingerprint density at radius 1 is 0.962 bits per heavy atom. The van der Waals surface area contributed by atoms with Gasteiger partial charge in [0.15, 0.2) is 5.78 Å². The van der Waals surface area contributed by atoms with Crippen molar-refractivity contribution in [2.24, 2.45) is 0 Å². The average Bonchev–Trinajstić information content (AvgIpc) is 2.62. The van der Waals surface area contributed by atoms with Crippen molar-refractivity contribution in [1.82, 2.24) is 9.97 Å². The van der Waals surface area contributed by atoms with Gasteiger partial charge < -0.3 is 10.6 Å². The predicted octanol–water partition coefficient (Wildman–Crippen LogP) is 4.39. The summed E-state index contributed by atoms with van der Waals surface area (Å²) < 4.78 is 0. The molecule has 0 amide bonds. The molecule has 2 aromatic carbocycles. The van der Waals surface area contributed by atoms with Crippen LogP contribution in [0.15, 0.2) is 60.7 Å².